The molecule has 0 N–H and O–H groups in total. The lowest BCUT2D eigenvalue weighted by Gasteiger charge is -2.21. The maximum Gasteiger partial charge on any atom is 0.127 e. The number of ether oxygens (including phenoxy) is 6. The van der Waals surface area contributed by atoms with Crippen LogP contribution in [0.1, 0.15) is 0 Å². The number of hydrogen-bond acceptors (Lipinski definition) is 6. The highest BCUT2D eigenvalue weighted by atomic mass is 16.5. The topological polar surface area (TPSA) is 55.4 Å². The molecule has 0 radical (unpaired) electrons. The van der Waals surface area contributed by atoms with Crippen molar-refractivity contribution in [1.82, 2.24) is 0 Å². The first-order chi connectivity index (χ1) is 65.3. The van der Waals surface area contributed by atoms with Gasteiger partial charge in [0.25, 0.3) is 0 Å². The van der Waals surface area contributed by atoms with Crippen molar-refractivity contribution in [3.63, 3.8) is 0 Å². The quantitative estimate of drug-likeness (QED) is 0.0562. The molecule has 624 valence electrons. The molecule has 0 aliphatic heterocycles. The molecule has 0 aliphatic carbocycles. The van der Waals surface area contributed by atoms with Crippen molar-refractivity contribution in [1.29, 1.82) is 0 Å². The molecule has 0 unspecified atom stereocenters. The van der Waals surface area contributed by atoms with Crippen LogP contribution in [0.3, 0.4) is 0 Å². The molecule has 0 spiro atoms. The van der Waals surface area contributed by atoms with E-state index in [1.165, 1.54) is 0 Å². The van der Waals surface area contributed by atoms with Crippen LogP contribution in [0.2, 0.25) is 0 Å². The largest absolute Gasteiger partial charge is 0.457 e. The van der Waals surface area contributed by atoms with Crippen LogP contribution in [-0.4, -0.2) is 0 Å². The first-order valence-corrected chi connectivity index (χ1v) is 44.5. The van der Waals surface area contributed by atoms with Gasteiger partial charge < -0.3 is 28.4 Å². The molecule has 0 fully saturated rings. The van der Waals surface area contributed by atoms with Gasteiger partial charge in [-0.3, -0.25) is 0 Å². The van der Waals surface area contributed by atoms with Gasteiger partial charge in [0.15, 0.2) is 0 Å². The van der Waals surface area contributed by atoms with Crippen molar-refractivity contribution in [2.75, 3.05) is 0 Å². The molecule has 0 saturated carbocycles. The lowest BCUT2D eigenvalue weighted by atomic mass is 9.82. The number of para-hydroxylation sites is 6. The molecule has 0 heterocycles. The van der Waals surface area contributed by atoms with E-state index in [0.29, 0.717) is 0 Å². The van der Waals surface area contributed by atoms with Gasteiger partial charge in [-0.05, 0) is 348 Å². The lowest BCUT2D eigenvalue weighted by molar-refractivity contribution is 0.482. The van der Waals surface area contributed by atoms with Gasteiger partial charge in [-0.2, -0.15) is 0 Å². The zero-order valence-corrected chi connectivity index (χ0v) is 71.9. The third kappa shape index (κ3) is 17.5. The van der Waals surface area contributed by atoms with Crippen molar-refractivity contribution >= 4 is 32.3 Å². The van der Waals surface area contributed by atoms with Gasteiger partial charge in [-0.25, -0.2) is 0 Å². The Kier molecular flexibility index (Phi) is 22.1. The smallest absolute Gasteiger partial charge is 0.127 e. The number of hydrogen-bond donors (Lipinski definition) is 0. The standard InChI is InChI=1S/C126H84O6/c1-7-19-103(20-8-1)127-109-67-55-91(56-68-109)85-31-43-97(44-32-85)115-79-121-122(80-116(115)98-45-33-86(34-46-98)92-57-69-110(70-58-92)128-104-21-9-2-10-22-104)124-82-118(100-49-37-88(38-50-100)94-61-73-112(74-62-94)130-106-25-13-4-14-26-106)120(102-53-41-90(42-54-102)96-65-77-114(78-66-96)132-108-29-17-6-18-30-108)84-126(124)125-83-119(101-51-39-89(40-52-101)95-63-75-113(76-64-95)131-107-27-15-5-16-28-107)117(81-123(121)125)99-47-35-87(36-48-99)93-59-71-111(72-60-93)129-105-23-11-3-12-24-105/h1-84H. The van der Waals surface area contributed by atoms with Crippen molar-refractivity contribution in [2.24, 2.45) is 0 Å². The van der Waals surface area contributed by atoms with Gasteiger partial charge in [0.2, 0.25) is 0 Å². The molecular weight excluding hydrogens is 1610 g/mol. The van der Waals surface area contributed by atoms with Gasteiger partial charge in [0.1, 0.15) is 69.0 Å². The Balaban J connectivity index is 0.751. The monoisotopic (exact) mass is 1690 g/mol. The molecule has 22 rings (SSSR count). The van der Waals surface area contributed by atoms with Crippen LogP contribution >= 0.6 is 0 Å². The summed E-state index contributed by atoms with van der Waals surface area (Å²) in [6.07, 6.45) is 0. The molecule has 0 aromatic heterocycles. The summed E-state index contributed by atoms with van der Waals surface area (Å²) in [5.41, 5.74) is 26.0. The van der Waals surface area contributed by atoms with E-state index >= 15 is 0 Å². The van der Waals surface area contributed by atoms with Crippen LogP contribution in [0.5, 0.6) is 69.0 Å². The predicted molar refractivity (Wildman–Crippen MR) is 543 cm³/mol. The summed E-state index contributed by atoms with van der Waals surface area (Å²) in [7, 11) is 0. The second-order valence-electron chi connectivity index (χ2n) is 32.9. The third-order valence-corrected chi connectivity index (χ3v) is 24.5. The first-order valence-electron chi connectivity index (χ1n) is 44.5. The fraction of sp³-hybridized carbons (Fsp3) is 0. The maximum atomic E-state index is 6.29. The summed E-state index contributed by atoms with van der Waals surface area (Å²) in [6.45, 7) is 0. The highest BCUT2D eigenvalue weighted by Crippen LogP contribution is 2.50. The fourth-order valence-corrected chi connectivity index (χ4v) is 17.7. The Hall–Kier alpha value is -17.6. The second kappa shape index (κ2) is 36.4. The van der Waals surface area contributed by atoms with Crippen LogP contribution in [0.15, 0.2) is 510 Å². The van der Waals surface area contributed by atoms with Crippen LogP contribution in [-0.2, 0) is 0 Å². The lowest BCUT2D eigenvalue weighted by Crippen LogP contribution is -1.94. The summed E-state index contributed by atoms with van der Waals surface area (Å²) in [5.74, 6) is 9.37. The van der Waals surface area contributed by atoms with Crippen molar-refractivity contribution in [3.8, 4) is 203 Å². The Morgan fingerprint density at radius 1 is 0.0833 bits per heavy atom. The average molecular weight is 1690 g/mol. The van der Waals surface area contributed by atoms with E-state index < -0.39 is 0 Å². The highest BCUT2D eigenvalue weighted by molar-refractivity contribution is 6.29. The van der Waals surface area contributed by atoms with E-state index in [2.05, 4.69) is 255 Å². The Bertz CT molecular complexity index is 6540. The van der Waals surface area contributed by atoms with Crippen LogP contribution in [0.25, 0.3) is 166 Å². The molecule has 22 aromatic carbocycles. The van der Waals surface area contributed by atoms with Crippen molar-refractivity contribution in [2.45, 2.75) is 0 Å². The van der Waals surface area contributed by atoms with E-state index in [0.717, 1.165) is 235 Å². The molecule has 132 heavy (non-hydrogen) atoms. The Morgan fingerprint density at radius 2 is 0.174 bits per heavy atom. The number of benzene rings is 22. The predicted octanol–water partition coefficient (Wildman–Crippen LogP) is 35.9. The minimum Gasteiger partial charge on any atom is -0.457 e. The molecule has 0 bridgehead atoms. The highest BCUT2D eigenvalue weighted by Gasteiger charge is 2.23. The van der Waals surface area contributed by atoms with Crippen LogP contribution < -0.4 is 28.4 Å². The Labute approximate surface area is 767 Å². The molecule has 6 nitrogen and oxygen atoms in total. The average Bonchev–Trinajstić information content (AvgIpc) is 0.710. The van der Waals surface area contributed by atoms with Gasteiger partial charge in [0, 0.05) is 0 Å². The van der Waals surface area contributed by atoms with Gasteiger partial charge in [-0.1, -0.05) is 328 Å². The number of rotatable bonds is 24. The van der Waals surface area contributed by atoms with E-state index in [4.69, 9.17) is 28.4 Å². The van der Waals surface area contributed by atoms with Crippen molar-refractivity contribution < 1.29 is 28.4 Å². The van der Waals surface area contributed by atoms with E-state index in [1.807, 2.05) is 255 Å². The summed E-state index contributed by atoms with van der Waals surface area (Å²) in [4.78, 5) is 0. The summed E-state index contributed by atoms with van der Waals surface area (Å²) in [5, 5.41) is 6.66. The third-order valence-electron chi connectivity index (χ3n) is 24.5. The zero-order chi connectivity index (χ0) is 87.9. The molecule has 0 aliphatic rings. The summed E-state index contributed by atoms with van der Waals surface area (Å²) < 4.78 is 37.8. The fourth-order valence-electron chi connectivity index (χ4n) is 17.7. The summed E-state index contributed by atoms with van der Waals surface area (Å²) >= 11 is 0. The zero-order valence-electron chi connectivity index (χ0n) is 71.9. The minimum absolute atomic E-state index is 0.772. The molecule has 0 saturated heterocycles. The van der Waals surface area contributed by atoms with Gasteiger partial charge in [0.05, 0.1) is 0 Å². The minimum atomic E-state index is 0.772. The van der Waals surface area contributed by atoms with Crippen molar-refractivity contribution in [3.05, 3.63) is 510 Å². The maximum absolute atomic E-state index is 6.29. The molecule has 6 heteroatoms. The van der Waals surface area contributed by atoms with E-state index in [1.54, 1.807) is 0 Å². The normalized spacial score (nSPS) is 11.2. The molecule has 22 aromatic rings. The molecule has 0 atom stereocenters. The number of fused-ring (bicyclic) bond motifs is 6. The van der Waals surface area contributed by atoms with Gasteiger partial charge in [-0.15, -0.1) is 0 Å². The molecule has 0 amide bonds. The van der Waals surface area contributed by atoms with E-state index in [9.17, 15) is 0 Å². The van der Waals surface area contributed by atoms with Crippen LogP contribution in [0.4, 0.5) is 0 Å². The van der Waals surface area contributed by atoms with E-state index in [-0.39, 0.29) is 0 Å². The van der Waals surface area contributed by atoms with Gasteiger partial charge >= 0.3 is 0 Å². The second-order valence-corrected chi connectivity index (χ2v) is 32.9. The molecular formula is C126H84O6. The van der Waals surface area contributed by atoms with Crippen LogP contribution in [0, 0.1) is 0 Å². The Morgan fingerprint density at radius 3 is 0.288 bits per heavy atom. The SMILES string of the molecule is c1ccc(Oc2ccc(-c3ccc(-c4cc5c6cc(-c7ccc(-c8ccc(Oc9ccccc9)cc8)cc7)c(-c7ccc(-c8ccc(Oc9ccccc9)cc8)cc7)cc6c6cc(-c7ccc(-c8ccc(Oc9ccccc9)cc8)cc7)c(-c7ccc(-c8ccc(Oc9ccccc9)cc8)cc7)cc6c5cc4-c4ccc(-c5ccc(Oc6ccccc6)cc5)cc4)cc3)cc2)cc1. The first kappa shape index (κ1) is 80.3. The summed E-state index contributed by atoms with van der Waals surface area (Å²) in [6, 6.07) is 179.